The normalized spacial score (nSPS) is 10.7. The van der Waals surface area contributed by atoms with Crippen LogP contribution in [-0.4, -0.2) is 14.6 Å². The van der Waals surface area contributed by atoms with Crippen LogP contribution in [-0.2, 0) is 5.75 Å². The van der Waals surface area contributed by atoms with Gasteiger partial charge in [0.1, 0.15) is 0 Å². The Kier molecular flexibility index (Phi) is 4.02. The number of pyridine rings is 1. The van der Waals surface area contributed by atoms with Gasteiger partial charge in [-0.2, -0.15) is 5.26 Å². The molecule has 0 saturated carbocycles. The molecule has 0 atom stereocenters. The topological polar surface area (TPSA) is 54.0 Å². The Morgan fingerprint density at radius 3 is 2.90 bits per heavy atom. The standard InChI is InChI=1S/C14H8Cl2N4S/c15-11-5-12(16)13-18-19-14(20(13)7-11)21-8-10-3-1-2-9(4-10)6-17/h1-5,7H,8H2. The molecule has 21 heavy (non-hydrogen) atoms. The Morgan fingerprint density at radius 2 is 2.10 bits per heavy atom. The second-order valence-corrected chi connectivity index (χ2v) is 6.07. The zero-order valence-corrected chi connectivity index (χ0v) is 13.0. The molecule has 0 bridgehead atoms. The molecule has 3 rings (SSSR count). The van der Waals surface area contributed by atoms with E-state index in [9.17, 15) is 0 Å². The summed E-state index contributed by atoms with van der Waals surface area (Å²) in [4.78, 5) is 0. The van der Waals surface area contributed by atoms with E-state index in [1.54, 1.807) is 22.7 Å². The van der Waals surface area contributed by atoms with Gasteiger partial charge in [-0.25, -0.2) is 0 Å². The first-order valence-electron chi connectivity index (χ1n) is 5.99. The number of aromatic nitrogens is 3. The highest BCUT2D eigenvalue weighted by atomic mass is 35.5. The first-order chi connectivity index (χ1) is 10.2. The number of fused-ring (bicyclic) bond motifs is 1. The summed E-state index contributed by atoms with van der Waals surface area (Å²) < 4.78 is 1.77. The van der Waals surface area contributed by atoms with Crippen LogP contribution in [0.15, 0.2) is 41.7 Å². The van der Waals surface area contributed by atoms with Crippen LogP contribution >= 0.6 is 35.0 Å². The van der Waals surface area contributed by atoms with E-state index in [0.717, 1.165) is 5.56 Å². The number of nitrogens with zero attached hydrogens (tertiary/aromatic N) is 4. The lowest BCUT2D eigenvalue weighted by Gasteiger charge is -2.02. The van der Waals surface area contributed by atoms with Gasteiger partial charge in [-0.05, 0) is 23.8 Å². The Balaban J connectivity index is 1.87. The molecule has 0 fully saturated rings. The van der Waals surface area contributed by atoms with Crippen LogP contribution < -0.4 is 0 Å². The number of nitriles is 1. The zero-order chi connectivity index (χ0) is 14.8. The number of thioether (sulfide) groups is 1. The van der Waals surface area contributed by atoms with E-state index >= 15 is 0 Å². The molecule has 1 aromatic carbocycles. The van der Waals surface area contributed by atoms with E-state index in [1.165, 1.54) is 11.8 Å². The quantitative estimate of drug-likeness (QED) is 0.673. The molecule has 0 N–H and O–H groups in total. The third-order valence-electron chi connectivity index (χ3n) is 2.82. The Bertz CT molecular complexity index is 854. The van der Waals surface area contributed by atoms with Gasteiger partial charge < -0.3 is 0 Å². The van der Waals surface area contributed by atoms with Crippen LogP contribution in [0.25, 0.3) is 5.65 Å². The first kappa shape index (κ1) is 14.2. The monoisotopic (exact) mass is 334 g/mol. The maximum atomic E-state index is 8.90. The maximum absolute atomic E-state index is 8.90. The van der Waals surface area contributed by atoms with Gasteiger partial charge in [-0.15, -0.1) is 10.2 Å². The second-order valence-electron chi connectivity index (χ2n) is 4.28. The van der Waals surface area contributed by atoms with Crippen molar-refractivity contribution < 1.29 is 0 Å². The van der Waals surface area contributed by atoms with Crippen molar-refractivity contribution in [3.8, 4) is 6.07 Å². The van der Waals surface area contributed by atoms with Crippen molar-refractivity contribution in [3.63, 3.8) is 0 Å². The lowest BCUT2D eigenvalue weighted by Crippen LogP contribution is -1.89. The second kappa shape index (κ2) is 5.94. The fraction of sp³-hybridized carbons (Fsp3) is 0.0714. The van der Waals surface area contributed by atoms with Crippen molar-refractivity contribution in [1.29, 1.82) is 5.26 Å². The summed E-state index contributed by atoms with van der Waals surface area (Å²) in [5.41, 5.74) is 2.27. The molecule has 104 valence electrons. The third kappa shape index (κ3) is 2.98. The van der Waals surface area contributed by atoms with Gasteiger partial charge in [-0.3, -0.25) is 4.40 Å². The number of benzene rings is 1. The van der Waals surface area contributed by atoms with Crippen molar-refractivity contribution in [2.75, 3.05) is 0 Å². The fourth-order valence-corrected chi connectivity index (χ4v) is 3.24. The van der Waals surface area contributed by atoms with Crippen LogP contribution in [0.2, 0.25) is 10.0 Å². The number of hydrogen-bond donors (Lipinski definition) is 0. The summed E-state index contributed by atoms with van der Waals surface area (Å²) in [6.45, 7) is 0. The summed E-state index contributed by atoms with van der Waals surface area (Å²) >= 11 is 13.6. The Labute approximate surface area is 135 Å². The van der Waals surface area contributed by atoms with Gasteiger partial charge in [0.25, 0.3) is 0 Å². The Morgan fingerprint density at radius 1 is 1.24 bits per heavy atom. The molecule has 0 saturated heterocycles. The highest BCUT2D eigenvalue weighted by Gasteiger charge is 2.10. The van der Waals surface area contributed by atoms with Crippen molar-refractivity contribution in [1.82, 2.24) is 14.6 Å². The van der Waals surface area contributed by atoms with E-state index in [1.807, 2.05) is 18.2 Å². The molecule has 7 heteroatoms. The van der Waals surface area contributed by atoms with Gasteiger partial charge in [0.05, 0.1) is 21.7 Å². The highest BCUT2D eigenvalue weighted by molar-refractivity contribution is 7.98. The molecular weight excluding hydrogens is 327 g/mol. The number of hydrogen-bond acceptors (Lipinski definition) is 4. The minimum atomic E-state index is 0.466. The summed E-state index contributed by atoms with van der Waals surface area (Å²) in [7, 11) is 0. The van der Waals surface area contributed by atoms with E-state index in [-0.39, 0.29) is 0 Å². The largest absolute Gasteiger partial charge is 0.275 e. The van der Waals surface area contributed by atoms with Gasteiger partial charge in [-0.1, -0.05) is 47.1 Å². The van der Waals surface area contributed by atoms with Gasteiger partial charge >= 0.3 is 0 Å². The number of rotatable bonds is 3. The van der Waals surface area contributed by atoms with Gasteiger partial charge in [0.15, 0.2) is 10.8 Å². The molecule has 2 heterocycles. The van der Waals surface area contributed by atoms with Crippen molar-refractivity contribution >= 4 is 40.6 Å². The average molecular weight is 335 g/mol. The Hall–Kier alpha value is -1.74. The molecule has 3 aromatic rings. The van der Waals surface area contributed by atoms with Gasteiger partial charge in [0, 0.05) is 11.9 Å². The van der Waals surface area contributed by atoms with Crippen LogP contribution in [0, 0.1) is 11.3 Å². The molecule has 0 aliphatic carbocycles. The molecule has 0 aliphatic rings. The van der Waals surface area contributed by atoms with Crippen LogP contribution in [0.1, 0.15) is 11.1 Å². The van der Waals surface area contributed by atoms with Crippen LogP contribution in [0.5, 0.6) is 0 Å². The van der Waals surface area contributed by atoms with Crippen molar-refractivity contribution in [2.24, 2.45) is 0 Å². The highest BCUT2D eigenvalue weighted by Crippen LogP contribution is 2.27. The van der Waals surface area contributed by atoms with E-state index < -0.39 is 0 Å². The summed E-state index contributed by atoms with van der Waals surface area (Å²) in [6.07, 6.45) is 1.73. The van der Waals surface area contributed by atoms with E-state index in [2.05, 4.69) is 16.3 Å². The first-order valence-corrected chi connectivity index (χ1v) is 7.73. The molecule has 0 amide bonds. The SMILES string of the molecule is N#Cc1cccc(CSc2nnc3c(Cl)cc(Cl)cn23)c1. The zero-order valence-electron chi connectivity index (χ0n) is 10.6. The molecular formula is C14H8Cl2N4S. The van der Waals surface area contributed by atoms with Crippen molar-refractivity contribution in [3.05, 3.63) is 57.7 Å². The maximum Gasteiger partial charge on any atom is 0.196 e. The fourth-order valence-electron chi connectivity index (χ4n) is 1.88. The minimum absolute atomic E-state index is 0.466. The summed E-state index contributed by atoms with van der Waals surface area (Å²) in [6, 6.07) is 11.2. The van der Waals surface area contributed by atoms with E-state index in [4.69, 9.17) is 28.5 Å². The smallest absolute Gasteiger partial charge is 0.196 e. The predicted molar refractivity (Wildman–Crippen MR) is 83.7 cm³/mol. The average Bonchev–Trinajstić information content (AvgIpc) is 2.88. The minimum Gasteiger partial charge on any atom is -0.275 e. The molecule has 0 radical (unpaired) electrons. The van der Waals surface area contributed by atoms with Crippen molar-refractivity contribution in [2.45, 2.75) is 10.9 Å². The molecule has 2 aromatic heterocycles. The molecule has 4 nitrogen and oxygen atoms in total. The predicted octanol–water partition coefficient (Wildman–Crippen LogP) is 4.20. The summed E-state index contributed by atoms with van der Waals surface area (Å²) in [5, 5.41) is 18.8. The van der Waals surface area contributed by atoms with E-state index in [0.29, 0.717) is 32.2 Å². The molecule has 0 unspecified atom stereocenters. The van der Waals surface area contributed by atoms with Crippen LogP contribution in [0.3, 0.4) is 0 Å². The third-order valence-corrected chi connectivity index (χ3v) is 4.32. The van der Waals surface area contributed by atoms with Crippen LogP contribution in [0.4, 0.5) is 0 Å². The lowest BCUT2D eigenvalue weighted by atomic mass is 10.2. The lowest BCUT2D eigenvalue weighted by molar-refractivity contribution is 0.921. The molecule has 0 aliphatic heterocycles. The van der Waals surface area contributed by atoms with Gasteiger partial charge in [0.2, 0.25) is 0 Å². The number of halogens is 2. The molecule has 0 spiro atoms. The summed E-state index contributed by atoms with van der Waals surface area (Å²) in [5.74, 6) is 0.681.